The van der Waals surface area contributed by atoms with Crippen LogP contribution in [0.3, 0.4) is 0 Å². The fourth-order valence-corrected chi connectivity index (χ4v) is 1.49. The molecule has 90 valence electrons. The molecule has 0 bridgehead atoms. The SMILES string of the molecule is CC(C)c1nn(C)c(NCCN)c1[N+](=O)[O-]. The molecule has 0 aliphatic rings. The van der Waals surface area contributed by atoms with E-state index >= 15 is 0 Å². The van der Waals surface area contributed by atoms with Crippen LogP contribution in [-0.2, 0) is 7.05 Å². The predicted octanol–water partition coefficient (Wildman–Crippen LogP) is 0.822. The molecule has 1 aromatic heterocycles. The highest BCUT2D eigenvalue weighted by Crippen LogP contribution is 2.32. The van der Waals surface area contributed by atoms with Crippen molar-refractivity contribution in [2.45, 2.75) is 19.8 Å². The molecule has 1 aromatic rings. The number of hydrogen-bond donors (Lipinski definition) is 2. The Balaban J connectivity index is 3.19. The molecular formula is C9H17N5O2. The molecule has 0 spiro atoms. The molecule has 0 unspecified atom stereocenters. The number of aryl methyl sites for hydroxylation is 1. The van der Waals surface area contributed by atoms with Crippen LogP contribution in [0.2, 0.25) is 0 Å². The number of rotatable bonds is 5. The van der Waals surface area contributed by atoms with Crippen LogP contribution in [0, 0.1) is 10.1 Å². The minimum absolute atomic E-state index is 0.0139. The summed E-state index contributed by atoms with van der Waals surface area (Å²) < 4.78 is 1.49. The van der Waals surface area contributed by atoms with Crippen molar-refractivity contribution in [3.8, 4) is 0 Å². The van der Waals surface area contributed by atoms with Gasteiger partial charge in [-0.05, 0) is 0 Å². The second-order valence-corrected chi connectivity index (χ2v) is 3.83. The molecule has 0 saturated heterocycles. The van der Waals surface area contributed by atoms with E-state index in [9.17, 15) is 10.1 Å². The monoisotopic (exact) mass is 227 g/mol. The molecule has 0 aliphatic carbocycles. The van der Waals surface area contributed by atoms with Crippen molar-refractivity contribution in [3.05, 3.63) is 15.8 Å². The van der Waals surface area contributed by atoms with Crippen molar-refractivity contribution in [2.24, 2.45) is 12.8 Å². The molecule has 1 rings (SSSR count). The molecule has 0 radical (unpaired) electrons. The van der Waals surface area contributed by atoms with Crippen LogP contribution in [0.5, 0.6) is 0 Å². The lowest BCUT2D eigenvalue weighted by atomic mass is 10.1. The Hall–Kier alpha value is -1.63. The first kappa shape index (κ1) is 12.4. The van der Waals surface area contributed by atoms with Gasteiger partial charge >= 0.3 is 5.69 Å². The van der Waals surface area contributed by atoms with E-state index in [-0.39, 0.29) is 11.6 Å². The predicted molar refractivity (Wildman–Crippen MR) is 61.5 cm³/mol. The van der Waals surface area contributed by atoms with Gasteiger partial charge in [-0.2, -0.15) is 5.10 Å². The van der Waals surface area contributed by atoms with Crippen molar-refractivity contribution in [3.63, 3.8) is 0 Å². The second kappa shape index (κ2) is 4.93. The van der Waals surface area contributed by atoms with Crippen molar-refractivity contribution in [1.29, 1.82) is 0 Å². The normalized spacial score (nSPS) is 10.8. The van der Waals surface area contributed by atoms with Gasteiger partial charge in [-0.25, -0.2) is 4.68 Å². The lowest BCUT2D eigenvalue weighted by Crippen LogP contribution is -2.15. The Kier molecular flexibility index (Phi) is 3.83. The number of nitrogens with one attached hydrogen (secondary N) is 1. The van der Waals surface area contributed by atoms with Crippen LogP contribution in [0.1, 0.15) is 25.5 Å². The molecule has 0 aromatic carbocycles. The highest BCUT2D eigenvalue weighted by atomic mass is 16.6. The molecule has 7 heteroatoms. The largest absolute Gasteiger partial charge is 0.363 e. The summed E-state index contributed by atoms with van der Waals surface area (Å²) in [5.74, 6) is 0.430. The van der Waals surface area contributed by atoms with Gasteiger partial charge in [0.2, 0.25) is 5.82 Å². The van der Waals surface area contributed by atoms with Gasteiger partial charge in [0.1, 0.15) is 5.69 Å². The van der Waals surface area contributed by atoms with Crippen molar-refractivity contribution in [1.82, 2.24) is 9.78 Å². The Morgan fingerprint density at radius 1 is 1.62 bits per heavy atom. The van der Waals surface area contributed by atoms with Crippen molar-refractivity contribution < 1.29 is 4.92 Å². The maximum Gasteiger partial charge on any atom is 0.334 e. The van der Waals surface area contributed by atoms with Gasteiger partial charge in [0, 0.05) is 26.1 Å². The molecule has 0 fully saturated rings. The summed E-state index contributed by atoms with van der Waals surface area (Å²) in [5.41, 5.74) is 5.90. The zero-order chi connectivity index (χ0) is 12.3. The fraction of sp³-hybridized carbons (Fsp3) is 0.667. The fourth-order valence-electron chi connectivity index (χ4n) is 1.49. The molecule has 3 N–H and O–H groups in total. The molecule has 0 aliphatic heterocycles. The van der Waals surface area contributed by atoms with E-state index in [0.29, 0.717) is 24.6 Å². The first-order valence-electron chi connectivity index (χ1n) is 5.14. The van der Waals surface area contributed by atoms with Gasteiger partial charge < -0.3 is 11.1 Å². The van der Waals surface area contributed by atoms with Gasteiger partial charge in [0.25, 0.3) is 0 Å². The minimum atomic E-state index is -0.402. The summed E-state index contributed by atoms with van der Waals surface area (Å²) in [7, 11) is 1.68. The third kappa shape index (κ3) is 2.30. The van der Waals surface area contributed by atoms with Crippen LogP contribution in [0.15, 0.2) is 0 Å². The van der Waals surface area contributed by atoms with Crippen LogP contribution in [0.4, 0.5) is 11.5 Å². The highest BCUT2D eigenvalue weighted by molar-refractivity contribution is 5.60. The van der Waals surface area contributed by atoms with Crippen LogP contribution < -0.4 is 11.1 Å². The van der Waals surface area contributed by atoms with Crippen molar-refractivity contribution >= 4 is 11.5 Å². The Labute approximate surface area is 93.8 Å². The maximum absolute atomic E-state index is 11.0. The first-order valence-corrected chi connectivity index (χ1v) is 5.14. The zero-order valence-corrected chi connectivity index (χ0v) is 9.73. The summed E-state index contributed by atoms with van der Waals surface area (Å²) in [5, 5.41) is 18.1. The molecule has 7 nitrogen and oxygen atoms in total. The number of nitrogens with two attached hydrogens (primary N) is 1. The number of hydrogen-bond acceptors (Lipinski definition) is 5. The van der Waals surface area contributed by atoms with E-state index < -0.39 is 4.92 Å². The lowest BCUT2D eigenvalue weighted by Gasteiger charge is -2.03. The van der Waals surface area contributed by atoms with E-state index in [0.717, 1.165) is 0 Å². The highest BCUT2D eigenvalue weighted by Gasteiger charge is 2.27. The molecule has 1 heterocycles. The van der Waals surface area contributed by atoms with Crippen LogP contribution in [0.25, 0.3) is 0 Å². The minimum Gasteiger partial charge on any atom is -0.363 e. The summed E-state index contributed by atoms with van der Waals surface area (Å²) in [6.45, 7) is 4.65. The molecular weight excluding hydrogens is 210 g/mol. The smallest absolute Gasteiger partial charge is 0.334 e. The molecule has 0 saturated carbocycles. The lowest BCUT2D eigenvalue weighted by molar-refractivity contribution is -0.384. The van der Waals surface area contributed by atoms with E-state index in [1.807, 2.05) is 13.8 Å². The Bertz CT molecular complexity index is 385. The topological polar surface area (TPSA) is 99.0 Å². The zero-order valence-electron chi connectivity index (χ0n) is 9.73. The quantitative estimate of drug-likeness (QED) is 0.573. The molecule has 16 heavy (non-hydrogen) atoms. The van der Waals surface area contributed by atoms with Gasteiger partial charge in [0.15, 0.2) is 0 Å². The van der Waals surface area contributed by atoms with Gasteiger partial charge in [-0.15, -0.1) is 0 Å². The maximum atomic E-state index is 11.0. The van der Waals surface area contributed by atoms with Crippen LogP contribution >= 0.6 is 0 Å². The number of nitro groups is 1. The summed E-state index contributed by atoms with van der Waals surface area (Å²) in [6.07, 6.45) is 0. The number of aromatic nitrogens is 2. The molecule has 0 amide bonds. The third-order valence-corrected chi connectivity index (χ3v) is 2.21. The Morgan fingerprint density at radius 2 is 2.25 bits per heavy atom. The average Bonchev–Trinajstić information content (AvgIpc) is 2.52. The molecule has 0 atom stereocenters. The van der Waals surface area contributed by atoms with E-state index in [1.165, 1.54) is 4.68 Å². The Morgan fingerprint density at radius 3 is 2.69 bits per heavy atom. The van der Waals surface area contributed by atoms with E-state index in [2.05, 4.69) is 10.4 Å². The standard InChI is InChI=1S/C9H17N5O2/c1-6(2)7-8(14(15)16)9(11-5-4-10)13(3)12-7/h6,11H,4-5,10H2,1-3H3. The summed E-state index contributed by atoms with van der Waals surface area (Å²) >= 11 is 0. The number of nitrogens with zero attached hydrogens (tertiary/aromatic N) is 3. The van der Waals surface area contributed by atoms with Gasteiger partial charge in [-0.3, -0.25) is 10.1 Å². The third-order valence-electron chi connectivity index (χ3n) is 2.21. The number of anilines is 1. The average molecular weight is 227 g/mol. The first-order chi connectivity index (χ1) is 7.49. The van der Waals surface area contributed by atoms with E-state index in [4.69, 9.17) is 5.73 Å². The summed E-state index contributed by atoms with van der Waals surface area (Å²) in [6, 6.07) is 0. The van der Waals surface area contributed by atoms with Crippen molar-refractivity contribution in [2.75, 3.05) is 18.4 Å². The van der Waals surface area contributed by atoms with Gasteiger partial charge in [-0.1, -0.05) is 13.8 Å². The van der Waals surface area contributed by atoms with Crippen LogP contribution in [-0.4, -0.2) is 27.8 Å². The second-order valence-electron chi connectivity index (χ2n) is 3.83. The van der Waals surface area contributed by atoms with Gasteiger partial charge in [0.05, 0.1) is 4.92 Å². The van der Waals surface area contributed by atoms with E-state index in [1.54, 1.807) is 7.05 Å². The summed E-state index contributed by atoms with van der Waals surface area (Å²) in [4.78, 5) is 10.6.